The predicted molar refractivity (Wildman–Crippen MR) is 139 cm³/mol. The molecular formula is C27H28BrClN2O3. The van der Waals surface area contributed by atoms with Crippen LogP contribution < -0.4 is 10.1 Å². The van der Waals surface area contributed by atoms with E-state index in [-0.39, 0.29) is 31.0 Å². The Labute approximate surface area is 214 Å². The molecule has 1 N–H and O–H groups in total. The number of halogens is 2. The molecule has 0 aliphatic rings. The topological polar surface area (TPSA) is 58.6 Å². The van der Waals surface area contributed by atoms with Crippen molar-refractivity contribution in [2.24, 2.45) is 0 Å². The van der Waals surface area contributed by atoms with Gasteiger partial charge in [-0.05, 0) is 61.4 Å². The second-order valence-electron chi connectivity index (χ2n) is 8.26. The average Bonchev–Trinajstić information content (AvgIpc) is 2.81. The van der Waals surface area contributed by atoms with Crippen LogP contribution in [0.15, 0.2) is 83.3 Å². The lowest BCUT2D eigenvalue weighted by Gasteiger charge is -2.32. The number of carbonyl (C=O) groups excluding carboxylic acids is 2. The highest BCUT2D eigenvalue weighted by atomic mass is 79.9. The van der Waals surface area contributed by atoms with Crippen molar-refractivity contribution in [2.75, 3.05) is 6.61 Å². The molecular weight excluding hydrogens is 516 g/mol. The lowest BCUT2D eigenvalue weighted by Crippen LogP contribution is -2.52. The van der Waals surface area contributed by atoms with E-state index in [9.17, 15) is 9.59 Å². The molecule has 0 aliphatic heterocycles. The van der Waals surface area contributed by atoms with Crippen molar-refractivity contribution in [2.45, 2.75) is 38.9 Å². The van der Waals surface area contributed by atoms with Crippen LogP contribution in [0, 0.1) is 0 Å². The highest BCUT2D eigenvalue weighted by Gasteiger charge is 2.31. The zero-order valence-corrected chi connectivity index (χ0v) is 21.6. The van der Waals surface area contributed by atoms with E-state index in [1.807, 2.05) is 68.4 Å². The molecule has 2 amide bonds. The summed E-state index contributed by atoms with van der Waals surface area (Å²) in [4.78, 5) is 28.4. The summed E-state index contributed by atoms with van der Waals surface area (Å²) < 4.78 is 6.64. The maximum atomic E-state index is 13.5. The maximum Gasteiger partial charge on any atom is 0.261 e. The third-order valence-corrected chi connectivity index (χ3v) is 5.87. The zero-order valence-electron chi connectivity index (χ0n) is 19.2. The Balaban J connectivity index is 1.90. The number of amides is 2. The first-order valence-electron chi connectivity index (χ1n) is 11.1. The van der Waals surface area contributed by atoms with Gasteiger partial charge in [0.05, 0.1) is 0 Å². The van der Waals surface area contributed by atoms with Gasteiger partial charge in [0.15, 0.2) is 6.61 Å². The molecule has 7 heteroatoms. The Kier molecular flexibility index (Phi) is 9.54. The Morgan fingerprint density at radius 3 is 2.29 bits per heavy atom. The van der Waals surface area contributed by atoms with E-state index in [0.29, 0.717) is 17.2 Å². The molecule has 0 unspecified atom stereocenters. The van der Waals surface area contributed by atoms with Gasteiger partial charge in [-0.2, -0.15) is 0 Å². The molecule has 178 valence electrons. The van der Waals surface area contributed by atoms with Crippen LogP contribution in [0.3, 0.4) is 0 Å². The second kappa shape index (κ2) is 12.6. The Morgan fingerprint density at radius 1 is 0.971 bits per heavy atom. The largest absolute Gasteiger partial charge is 0.484 e. The molecule has 3 aromatic carbocycles. The summed E-state index contributed by atoms with van der Waals surface area (Å²) in [5.41, 5.74) is 1.88. The van der Waals surface area contributed by atoms with Gasteiger partial charge >= 0.3 is 0 Å². The SMILES string of the molecule is CC(C)NC(=O)[C@H](Cc1ccccc1)N(Cc1cccc(Br)c1)C(=O)COc1ccc(Cl)cc1. The zero-order chi connectivity index (χ0) is 24.5. The molecule has 0 saturated heterocycles. The van der Waals surface area contributed by atoms with Gasteiger partial charge in [-0.3, -0.25) is 9.59 Å². The average molecular weight is 544 g/mol. The quantitative estimate of drug-likeness (QED) is 0.360. The summed E-state index contributed by atoms with van der Waals surface area (Å²) in [5, 5.41) is 3.56. The lowest BCUT2D eigenvalue weighted by atomic mass is 10.0. The van der Waals surface area contributed by atoms with E-state index < -0.39 is 6.04 Å². The molecule has 0 aromatic heterocycles. The summed E-state index contributed by atoms with van der Waals surface area (Å²) in [7, 11) is 0. The molecule has 0 saturated carbocycles. The van der Waals surface area contributed by atoms with Crippen LogP contribution in [0.25, 0.3) is 0 Å². The summed E-state index contributed by atoms with van der Waals surface area (Å²) in [6.45, 7) is 3.88. The third-order valence-electron chi connectivity index (χ3n) is 5.12. The van der Waals surface area contributed by atoms with Gasteiger partial charge in [-0.15, -0.1) is 0 Å². The number of nitrogens with one attached hydrogen (secondary N) is 1. The number of ether oxygens (including phenoxy) is 1. The van der Waals surface area contributed by atoms with Gasteiger partial charge in [0.1, 0.15) is 11.8 Å². The third kappa shape index (κ3) is 7.89. The van der Waals surface area contributed by atoms with Crippen LogP contribution in [0.2, 0.25) is 5.02 Å². The molecule has 0 bridgehead atoms. The Hall–Kier alpha value is -2.83. The minimum atomic E-state index is -0.704. The van der Waals surface area contributed by atoms with Gasteiger partial charge < -0.3 is 15.0 Å². The van der Waals surface area contributed by atoms with Crippen LogP contribution in [0.1, 0.15) is 25.0 Å². The van der Waals surface area contributed by atoms with E-state index in [2.05, 4.69) is 21.2 Å². The molecule has 0 spiro atoms. The number of hydrogen-bond acceptors (Lipinski definition) is 3. The highest BCUT2D eigenvalue weighted by Crippen LogP contribution is 2.19. The first-order valence-corrected chi connectivity index (χ1v) is 12.3. The van der Waals surface area contributed by atoms with E-state index in [1.165, 1.54) is 0 Å². The van der Waals surface area contributed by atoms with E-state index in [4.69, 9.17) is 16.3 Å². The number of benzene rings is 3. The molecule has 0 fully saturated rings. The van der Waals surface area contributed by atoms with Crippen LogP contribution in [0.4, 0.5) is 0 Å². The van der Waals surface area contributed by atoms with Gasteiger partial charge in [-0.1, -0.05) is 70.0 Å². The summed E-state index contributed by atoms with van der Waals surface area (Å²) in [5.74, 6) is 0.0508. The first-order chi connectivity index (χ1) is 16.3. The Bertz CT molecular complexity index is 1090. The van der Waals surface area contributed by atoms with Crippen LogP contribution >= 0.6 is 27.5 Å². The van der Waals surface area contributed by atoms with E-state index in [0.717, 1.165) is 15.6 Å². The van der Waals surface area contributed by atoms with Crippen molar-refractivity contribution in [3.63, 3.8) is 0 Å². The van der Waals surface area contributed by atoms with Crippen LogP contribution in [0.5, 0.6) is 5.75 Å². The first kappa shape index (κ1) is 25.8. The van der Waals surface area contributed by atoms with Crippen LogP contribution in [-0.4, -0.2) is 35.4 Å². The molecule has 3 rings (SSSR count). The minimum Gasteiger partial charge on any atom is -0.484 e. The van der Waals surface area contributed by atoms with Crippen molar-refractivity contribution < 1.29 is 14.3 Å². The van der Waals surface area contributed by atoms with Crippen molar-refractivity contribution >= 4 is 39.3 Å². The normalized spacial score (nSPS) is 11.7. The molecule has 0 radical (unpaired) electrons. The highest BCUT2D eigenvalue weighted by molar-refractivity contribution is 9.10. The fourth-order valence-corrected chi connectivity index (χ4v) is 4.10. The molecule has 34 heavy (non-hydrogen) atoms. The van der Waals surface area contributed by atoms with E-state index in [1.54, 1.807) is 29.2 Å². The van der Waals surface area contributed by atoms with Crippen molar-refractivity contribution in [3.05, 3.63) is 99.5 Å². The smallest absolute Gasteiger partial charge is 0.261 e. The maximum absolute atomic E-state index is 13.5. The Morgan fingerprint density at radius 2 is 1.65 bits per heavy atom. The predicted octanol–water partition coefficient (Wildman–Crippen LogP) is 5.65. The number of hydrogen-bond donors (Lipinski definition) is 1. The van der Waals surface area contributed by atoms with Gasteiger partial charge in [0.25, 0.3) is 5.91 Å². The molecule has 0 heterocycles. The lowest BCUT2D eigenvalue weighted by molar-refractivity contribution is -0.143. The fourth-order valence-electron chi connectivity index (χ4n) is 3.53. The van der Waals surface area contributed by atoms with Crippen molar-refractivity contribution in [1.29, 1.82) is 0 Å². The molecule has 3 aromatic rings. The number of nitrogens with zero attached hydrogens (tertiary/aromatic N) is 1. The van der Waals surface area contributed by atoms with Gasteiger partial charge in [-0.25, -0.2) is 0 Å². The van der Waals surface area contributed by atoms with Gasteiger partial charge in [0, 0.05) is 28.5 Å². The van der Waals surface area contributed by atoms with Crippen molar-refractivity contribution in [3.8, 4) is 5.75 Å². The van der Waals surface area contributed by atoms with E-state index >= 15 is 0 Å². The second-order valence-corrected chi connectivity index (χ2v) is 9.62. The summed E-state index contributed by atoms with van der Waals surface area (Å²) in [6.07, 6.45) is 0.389. The fraction of sp³-hybridized carbons (Fsp3) is 0.259. The molecule has 0 aliphatic carbocycles. The summed E-state index contributed by atoms with van der Waals surface area (Å²) in [6, 6.07) is 23.5. The monoisotopic (exact) mass is 542 g/mol. The van der Waals surface area contributed by atoms with Gasteiger partial charge in [0.2, 0.25) is 5.91 Å². The van der Waals surface area contributed by atoms with Crippen molar-refractivity contribution in [1.82, 2.24) is 10.2 Å². The number of rotatable bonds is 10. The summed E-state index contributed by atoms with van der Waals surface area (Å²) >= 11 is 9.43. The van der Waals surface area contributed by atoms with Crippen LogP contribution in [-0.2, 0) is 22.6 Å². The molecule has 5 nitrogen and oxygen atoms in total. The minimum absolute atomic E-state index is 0.0566. The standard InChI is InChI=1S/C27H28BrClN2O3/c1-19(2)30-27(33)25(16-20-7-4-3-5-8-20)31(17-21-9-6-10-22(28)15-21)26(32)18-34-24-13-11-23(29)12-14-24/h3-15,19,25H,16-18H2,1-2H3,(H,30,33)/t25-/m0/s1. The number of carbonyl (C=O) groups is 2. The molecule has 1 atom stereocenters.